The van der Waals surface area contributed by atoms with E-state index in [4.69, 9.17) is 4.74 Å². The molecule has 0 radical (unpaired) electrons. The summed E-state index contributed by atoms with van der Waals surface area (Å²) >= 11 is 0. The Hall–Kier alpha value is -2.29. The molecule has 0 aliphatic heterocycles. The molecule has 0 unspecified atom stereocenters. The van der Waals surface area contributed by atoms with E-state index in [0.717, 1.165) is 12.0 Å². The minimum absolute atomic E-state index is 0.00511. The molecule has 23 heavy (non-hydrogen) atoms. The van der Waals surface area contributed by atoms with Gasteiger partial charge in [-0.25, -0.2) is 0 Å². The molecule has 0 heterocycles. The molecule has 2 aromatic rings. The Labute approximate surface area is 138 Å². The van der Waals surface area contributed by atoms with Gasteiger partial charge in [-0.15, -0.1) is 0 Å². The van der Waals surface area contributed by atoms with Crippen LogP contribution in [0.15, 0.2) is 60.7 Å². The summed E-state index contributed by atoms with van der Waals surface area (Å²) in [4.78, 5) is 12.5. The lowest BCUT2D eigenvalue weighted by atomic mass is 9.97. The topological polar surface area (TPSA) is 38.3 Å². The highest BCUT2D eigenvalue weighted by Crippen LogP contribution is 2.21. The van der Waals surface area contributed by atoms with E-state index in [2.05, 4.69) is 31.3 Å². The Kier molecular flexibility index (Phi) is 6.21. The first-order valence-electron chi connectivity index (χ1n) is 8.13. The molecule has 0 aromatic heterocycles. The number of ether oxygens (including phenoxy) is 1. The number of hydrogen-bond donors (Lipinski definition) is 1. The molecule has 0 saturated heterocycles. The SMILES string of the molecule is CC(C)C[C@@H](NC(=O)[C@@H](C)Oc1ccccc1)c1ccccc1. The molecule has 1 N–H and O–H groups in total. The van der Waals surface area contributed by atoms with E-state index in [1.807, 2.05) is 48.5 Å². The summed E-state index contributed by atoms with van der Waals surface area (Å²) in [5.74, 6) is 1.10. The largest absolute Gasteiger partial charge is 0.481 e. The Morgan fingerprint density at radius 1 is 0.957 bits per heavy atom. The lowest BCUT2D eigenvalue weighted by Crippen LogP contribution is -2.39. The van der Waals surface area contributed by atoms with E-state index < -0.39 is 6.10 Å². The third-order valence-electron chi connectivity index (χ3n) is 3.65. The number of carbonyl (C=O) groups excluding carboxylic acids is 1. The van der Waals surface area contributed by atoms with Gasteiger partial charge >= 0.3 is 0 Å². The van der Waals surface area contributed by atoms with Crippen molar-refractivity contribution in [2.24, 2.45) is 5.92 Å². The molecule has 2 atom stereocenters. The highest BCUT2D eigenvalue weighted by molar-refractivity contribution is 5.81. The van der Waals surface area contributed by atoms with Gasteiger partial charge in [0.1, 0.15) is 5.75 Å². The number of hydrogen-bond acceptors (Lipinski definition) is 2. The number of rotatable bonds is 7. The molecule has 0 aliphatic rings. The number of carbonyl (C=O) groups is 1. The summed E-state index contributed by atoms with van der Waals surface area (Å²) in [5, 5.41) is 3.12. The minimum Gasteiger partial charge on any atom is -0.481 e. The number of para-hydroxylation sites is 1. The molecule has 0 spiro atoms. The fourth-order valence-electron chi connectivity index (χ4n) is 2.48. The second kappa shape index (κ2) is 8.37. The molecule has 0 aliphatic carbocycles. The first-order valence-corrected chi connectivity index (χ1v) is 8.13. The number of amides is 1. The molecule has 3 nitrogen and oxygen atoms in total. The average Bonchev–Trinajstić information content (AvgIpc) is 2.55. The van der Waals surface area contributed by atoms with Crippen LogP contribution in [-0.2, 0) is 4.79 Å². The lowest BCUT2D eigenvalue weighted by molar-refractivity contribution is -0.128. The fourth-order valence-corrected chi connectivity index (χ4v) is 2.48. The van der Waals surface area contributed by atoms with Crippen LogP contribution in [0, 0.1) is 5.92 Å². The molecule has 2 aromatic carbocycles. The Balaban J connectivity index is 2.02. The zero-order chi connectivity index (χ0) is 16.7. The van der Waals surface area contributed by atoms with Crippen LogP contribution < -0.4 is 10.1 Å². The summed E-state index contributed by atoms with van der Waals surface area (Å²) in [6.45, 7) is 6.09. The second-order valence-electron chi connectivity index (χ2n) is 6.17. The van der Waals surface area contributed by atoms with Crippen LogP contribution in [0.3, 0.4) is 0 Å². The van der Waals surface area contributed by atoms with Crippen molar-refractivity contribution in [3.05, 3.63) is 66.2 Å². The zero-order valence-corrected chi connectivity index (χ0v) is 14.0. The normalized spacial score (nSPS) is 13.4. The van der Waals surface area contributed by atoms with E-state index in [1.165, 1.54) is 0 Å². The van der Waals surface area contributed by atoms with Gasteiger partial charge in [-0.05, 0) is 37.0 Å². The van der Waals surface area contributed by atoms with Crippen LogP contribution >= 0.6 is 0 Å². The Bertz CT molecular complexity index is 596. The van der Waals surface area contributed by atoms with Crippen molar-refractivity contribution in [3.8, 4) is 5.75 Å². The van der Waals surface area contributed by atoms with Crippen LogP contribution in [0.1, 0.15) is 38.8 Å². The lowest BCUT2D eigenvalue weighted by Gasteiger charge is -2.23. The van der Waals surface area contributed by atoms with Crippen LogP contribution in [0.25, 0.3) is 0 Å². The van der Waals surface area contributed by atoms with Crippen LogP contribution in [-0.4, -0.2) is 12.0 Å². The molecule has 2 rings (SSSR count). The molecule has 1 amide bonds. The fraction of sp³-hybridized carbons (Fsp3) is 0.350. The average molecular weight is 311 g/mol. The van der Waals surface area contributed by atoms with Crippen molar-refractivity contribution in [2.75, 3.05) is 0 Å². The maximum absolute atomic E-state index is 12.5. The van der Waals surface area contributed by atoms with Crippen LogP contribution in [0.5, 0.6) is 5.75 Å². The van der Waals surface area contributed by atoms with Gasteiger partial charge in [0.05, 0.1) is 6.04 Å². The second-order valence-corrected chi connectivity index (χ2v) is 6.17. The minimum atomic E-state index is -0.532. The first-order chi connectivity index (χ1) is 11.1. The predicted octanol–water partition coefficient (Wildman–Crippen LogP) is 4.36. The molecule has 0 saturated carbocycles. The van der Waals surface area contributed by atoms with Crippen LogP contribution in [0.4, 0.5) is 0 Å². The van der Waals surface area contributed by atoms with Gasteiger partial charge in [0, 0.05) is 0 Å². The van der Waals surface area contributed by atoms with Gasteiger partial charge in [0.25, 0.3) is 5.91 Å². The summed E-state index contributed by atoms with van der Waals surface area (Å²) in [5.41, 5.74) is 1.13. The van der Waals surface area contributed by atoms with Gasteiger partial charge in [-0.2, -0.15) is 0 Å². The maximum Gasteiger partial charge on any atom is 0.261 e. The van der Waals surface area contributed by atoms with Gasteiger partial charge in [-0.1, -0.05) is 62.4 Å². The summed E-state index contributed by atoms with van der Waals surface area (Å²) in [7, 11) is 0. The van der Waals surface area contributed by atoms with Crippen molar-refractivity contribution in [3.63, 3.8) is 0 Å². The highest BCUT2D eigenvalue weighted by atomic mass is 16.5. The summed E-state index contributed by atoms with van der Waals surface area (Å²) in [6, 6.07) is 19.5. The standard InChI is InChI=1S/C20H25NO2/c1-15(2)14-19(17-10-6-4-7-11-17)21-20(22)16(3)23-18-12-8-5-9-13-18/h4-13,15-16,19H,14H2,1-3H3,(H,21,22)/t16-,19-/m1/s1. The quantitative estimate of drug-likeness (QED) is 0.825. The third-order valence-corrected chi connectivity index (χ3v) is 3.65. The van der Waals surface area contributed by atoms with E-state index in [9.17, 15) is 4.79 Å². The van der Waals surface area contributed by atoms with Crippen molar-refractivity contribution >= 4 is 5.91 Å². The van der Waals surface area contributed by atoms with Gasteiger partial charge in [0.15, 0.2) is 6.10 Å². The van der Waals surface area contributed by atoms with Crippen molar-refractivity contribution < 1.29 is 9.53 Å². The summed E-state index contributed by atoms with van der Waals surface area (Å²) in [6.07, 6.45) is 0.365. The number of benzene rings is 2. The van der Waals surface area contributed by atoms with E-state index in [0.29, 0.717) is 11.7 Å². The predicted molar refractivity (Wildman–Crippen MR) is 93.3 cm³/mol. The Morgan fingerprint density at radius 3 is 2.09 bits per heavy atom. The molecule has 0 fully saturated rings. The maximum atomic E-state index is 12.5. The molecular formula is C20H25NO2. The van der Waals surface area contributed by atoms with Gasteiger partial charge in [0.2, 0.25) is 0 Å². The molecular weight excluding hydrogens is 286 g/mol. The monoisotopic (exact) mass is 311 g/mol. The van der Waals surface area contributed by atoms with Gasteiger partial charge < -0.3 is 10.1 Å². The summed E-state index contributed by atoms with van der Waals surface area (Å²) < 4.78 is 5.71. The third kappa shape index (κ3) is 5.44. The van der Waals surface area contributed by atoms with E-state index in [1.54, 1.807) is 6.92 Å². The van der Waals surface area contributed by atoms with E-state index in [-0.39, 0.29) is 11.9 Å². The smallest absolute Gasteiger partial charge is 0.261 e. The van der Waals surface area contributed by atoms with Gasteiger partial charge in [-0.3, -0.25) is 4.79 Å². The van der Waals surface area contributed by atoms with Crippen molar-refractivity contribution in [1.29, 1.82) is 0 Å². The molecule has 0 bridgehead atoms. The highest BCUT2D eigenvalue weighted by Gasteiger charge is 2.21. The first kappa shape index (κ1) is 17.1. The van der Waals surface area contributed by atoms with Crippen molar-refractivity contribution in [1.82, 2.24) is 5.32 Å². The van der Waals surface area contributed by atoms with Crippen molar-refractivity contribution in [2.45, 2.75) is 39.3 Å². The zero-order valence-electron chi connectivity index (χ0n) is 14.0. The molecule has 3 heteroatoms. The molecule has 122 valence electrons. The Morgan fingerprint density at radius 2 is 1.52 bits per heavy atom. The van der Waals surface area contributed by atoms with Crippen LogP contribution in [0.2, 0.25) is 0 Å². The number of nitrogens with one attached hydrogen (secondary N) is 1. The van der Waals surface area contributed by atoms with E-state index >= 15 is 0 Å².